The van der Waals surface area contributed by atoms with Crippen LogP contribution in [0.25, 0.3) is 0 Å². The van der Waals surface area contributed by atoms with E-state index in [-0.39, 0.29) is 25.7 Å². The summed E-state index contributed by atoms with van der Waals surface area (Å²) in [5.74, 6) is -1.32. The highest BCUT2D eigenvalue weighted by Crippen LogP contribution is 2.45. The van der Waals surface area contributed by atoms with Gasteiger partial charge in [0.2, 0.25) is 0 Å². The molecule has 0 heterocycles. The summed E-state index contributed by atoms with van der Waals surface area (Å²) < 4.78 is 68.8. The maximum atomic E-state index is 13.1. The molecule has 0 aromatic carbocycles. The number of phosphoric ester groups is 2. The zero-order valence-corrected chi connectivity index (χ0v) is 70.7. The molecule has 0 bridgehead atoms. The molecule has 0 amide bonds. The predicted molar refractivity (Wildman–Crippen MR) is 432 cm³/mol. The lowest BCUT2D eigenvalue weighted by molar-refractivity contribution is -0.161. The first-order chi connectivity index (χ1) is 51.0. The molecule has 0 aliphatic heterocycles. The molecule has 2 unspecified atom stereocenters. The molecule has 3 N–H and O–H groups in total. The van der Waals surface area contributed by atoms with Crippen molar-refractivity contribution in [2.75, 3.05) is 39.6 Å². The van der Waals surface area contributed by atoms with Crippen molar-refractivity contribution in [3.63, 3.8) is 0 Å². The first-order valence-corrected chi connectivity index (χ1v) is 47.6. The van der Waals surface area contributed by atoms with E-state index in [4.69, 9.17) is 37.0 Å². The smallest absolute Gasteiger partial charge is 0.462 e. The van der Waals surface area contributed by atoms with Gasteiger partial charge < -0.3 is 33.8 Å². The largest absolute Gasteiger partial charge is 0.472 e. The zero-order chi connectivity index (χ0) is 76.9. The van der Waals surface area contributed by atoms with Crippen molar-refractivity contribution in [1.29, 1.82) is 0 Å². The molecule has 0 saturated heterocycles. The van der Waals surface area contributed by atoms with E-state index in [2.05, 4.69) is 34.6 Å². The lowest BCUT2D eigenvalue weighted by Crippen LogP contribution is -2.30. The van der Waals surface area contributed by atoms with Crippen LogP contribution in [-0.4, -0.2) is 96.7 Å². The first-order valence-electron chi connectivity index (χ1n) is 44.6. The lowest BCUT2D eigenvalue weighted by atomic mass is 10.0. The molecule has 624 valence electrons. The third kappa shape index (κ3) is 79.9. The normalized spacial score (nSPS) is 13.8. The van der Waals surface area contributed by atoms with Gasteiger partial charge in [-0.15, -0.1) is 0 Å². The van der Waals surface area contributed by atoms with Crippen molar-refractivity contribution >= 4 is 39.5 Å². The Hall–Kier alpha value is -1.94. The number of aliphatic hydroxyl groups is 1. The van der Waals surface area contributed by atoms with Crippen LogP contribution in [0, 0.1) is 5.92 Å². The Morgan fingerprint density at radius 1 is 0.257 bits per heavy atom. The molecule has 0 aliphatic rings. The van der Waals surface area contributed by atoms with Crippen molar-refractivity contribution < 1.29 is 80.2 Å². The highest BCUT2D eigenvalue weighted by molar-refractivity contribution is 7.47. The molecule has 0 rings (SSSR count). The predicted octanol–water partition coefficient (Wildman–Crippen LogP) is 26.4. The molecule has 5 atom stereocenters. The second-order valence-electron chi connectivity index (χ2n) is 31.4. The van der Waals surface area contributed by atoms with E-state index in [9.17, 15) is 43.2 Å². The van der Waals surface area contributed by atoms with E-state index in [0.29, 0.717) is 25.7 Å². The quantitative estimate of drug-likeness (QED) is 0.0222. The Morgan fingerprint density at radius 3 is 0.648 bits per heavy atom. The van der Waals surface area contributed by atoms with E-state index in [1.54, 1.807) is 0 Å². The third-order valence-corrected chi connectivity index (χ3v) is 22.2. The van der Waals surface area contributed by atoms with Crippen LogP contribution in [-0.2, 0) is 65.4 Å². The van der Waals surface area contributed by atoms with Gasteiger partial charge in [-0.2, -0.15) is 0 Å². The van der Waals surface area contributed by atoms with Gasteiger partial charge in [0.05, 0.1) is 26.4 Å². The van der Waals surface area contributed by atoms with Crippen molar-refractivity contribution in [2.45, 2.75) is 483 Å². The Labute approximate surface area is 645 Å². The van der Waals surface area contributed by atoms with Crippen LogP contribution < -0.4 is 0 Å². The van der Waals surface area contributed by atoms with Crippen molar-refractivity contribution in [3.8, 4) is 0 Å². The summed E-state index contributed by atoms with van der Waals surface area (Å²) in [6.45, 7) is 7.33. The molecule has 17 nitrogen and oxygen atoms in total. The summed E-state index contributed by atoms with van der Waals surface area (Å²) in [5.41, 5.74) is 0. The minimum Gasteiger partial charge on any atom is -0.462 e. The highest BCUT2D eigenvalue weighted by atomic mass is 31.2. The van der Waals surface area contributed by atoms with E-state index < -0.39 is 97.5 Å². The Kier molecular flexibility index (Phi) is 77.3. The summed E-state index contributed by atoms with van der Waals surface area (Å²) in [4.78, 5) is 73.0. The number of ether oxygens (including phenoxy) is 4. The van der Waals surface area contributed by atoms with Crippen molar-refractivity contribution in [1.82, 2.24) is 0 Å². The van der Waals surface area contributed by atoms with Crippen LogP contribution in [0.15, 0.2) is 0 Å². The van der Waals surface area contributed by atoms with Crippen molar-refractivity contribution in [3.05, 3.63) is 0 Å². The summed E-state index contributed by atoms with van der Waals surface area (Å²) in [6.07, 6.45) is 72.6. The maximum Gasteiger partial charge on any atom is 0.472 e. The number of esters is 4. The van der Waals surface area contributed by atoms with Crippen LogP contribution in [0.5, 0.6) is 0 Å². The van der Waals surface area contributed by atoms with Crippen molar-refractivity contribution in [2.24, 2.45) is 5.92 Å². The SMILES string of the molecule is CCCCCCCCCCCCCCCCCCCCCCCC(=O)OC[C@H](COP(=O)(O)OC[C@@H](O)COP(=O)(O)OC[C@@H](COC(=O)CCCCCCCCC)OC(=O)CCCCCCCCCCCCCCCC(C)C)OC(=O)CCCCCCCCCCCCCCCCCCCCCCC. The molecule has 0 fully saturated rings. The van der Waals surface area contributed by atoms with Gasteiger partial charge in [-0.3, -0.25) is 37.3 Å². The molecule has 0 radical (unpaired) electrons. The second kappa shape index (κ2) is 78.7. The highest BCUT2D eigenvalue weighted by Gasteiger charge is 2.30. The lowest BCUT2D eigenvalue weighted by Gasteiger charge is -2.21. The fourth-order valence-corrected chi connectivity index (χ4v) is 15.1. The van der Waals surface area contributed by atoms with Gasteiger partial charge >= 0.3 is 39.5 Å². The van der Waals surface area contributed by atoms with Gasteiger partial charge in [0.15, 0.2) is 12.2 Å². The van der Waals surface area contributed by atoms with Crippen LogP contribution in [0.3, 0.4) is 0 Å². The minimum atomic E-state index is -4.96. The molecule has 0 aromatic heterocycles. The fourth-order valence-electron chi connectivity index (χ4n) is 13.5. The molecular formula is C86H168O17P2. The summed E-state index contributed by atoms with van der Waals surface area (Å²) in [6, 6.07) is 0. The summed E-state index contributed by atoms with van der Waals surface area (Å²) >= 11 is 0. The van der Waals surface area contributed by atoms with Gasteiger partial charge in [-0.05, 0) is 31.6 Å². The van der Waals surface area contributed by atoms with Crippen LogP contribution in [0.1, 0.15) is 465 Å². The Balaban J connectivity index is 5.15. The zero-order valence-electron chi connectivity index (χ0n) is 68.9. The molecule has 105 heavy (non-hydrogen) atoms. The number of carbonyl (C=O) groups is 4. The maximum absolute atomic E-state index is 13.1. The number of rotatable bonds is 86. The van der Waals surface area contributed by atoms with Crippen LogP contribution >= 0.6 is 15.6 Å². The van der Waals surface area contributed by atoms with Gasteiger partial charge in [-0.1, -0.05) is 413 Å². The summed E-state index contributed by atoms with van der Waals surface area (Å²) in [7, 11) is -9.92. The number of unbranched alkanes of at least 4 members (excludes halogenated alkanes) is 58. The second-order valence-corrected chi connectivity index (χ2v) is 34.3. The molecule has 19 heteroatoms. The minimum absolute atomic E-state index is 0.107. The van der Waals surface area contributed by atoms with Gasteiger partial charge in [0.25, 0.3) is 0 Å². The van der Waals surface area contributed by atoms with Gasteiger partial charge in [-0.25, -0.2) is 9.13 Å². The standard InChI is InChI=1S/C86H168O17P2/c1-6-9-12-15-18-20-22-24-26-28-30-32-34-36-38-42-46-50-55-60-65-70-84(89)97-76-82(103-86(91)71-66-61-56-51-47-43-39-37-35-33-31-29-27-25-23-21-19-16-13-10-7-2)78-101-105(94,95)99-74-80(87)73-98-104(92,93)100-77-81(75-96-83(88)69-64-59-53-17-14-11-8-3)102-85(90)72-67-62-57-52-48-44-40-41-45-49-54-58-63-68-79(4)5/h79-82,87H,6-78H2,1-5H3,(H,92,93)(H,94,95)/t80-,81+,82+/m0/s1. The Morgan fingerprint density at radius 2 is 0.438 bits per heavy atom. The first kappa shape index (κ1) is 103. The van der Waals surface area contributed by atoms with E-state index in [0.717, 1.165) is 109 Å². The van der Waals surface area contributed by atoms with E-state index in [1.807, 2.05) is 0 Å². The van der Waals surface area contributed by atoms with Gasteiger partial charge in [0.1, 0.15) is 19.3 Å². The molecule has 0 spiro atoms. The number of aliphatic hydroxyl groups excluding tert-OH is 1. The topological polar surface area (TPSA) is 237 Å². The Bertz CT molecular complexity index is 2000. The number of phosphoric acid groups is 2. The number of hydrogen-bond acceptors (Lipinski definition) is 15. The van der Waals surface area contributed by atoms with E-state index >= 15 is 0 Å². The molecule has 0 aromatic rings. The monoisotopic (exact) mass is 1540 g/mol. The summed E-state index contributed by atoms with van der Waals surface area (Å²) in [5, 5.41) is 10.7. The van der Waals surface area contributed by atoms with Crippen LogP contribution in [0.4, 0.5) is 0 Å². The number of hydrogen-bond donors (Lipinski definition) is 3. The van der Waals surface area contributed by atoms with Crippen LogP contribution in [0.2, 0.25) is 0 Å². The fraction of sp³-hybridized carbons (Fsp3) is 0.953. The molecule has 0 saturated carbocycles. The average Bonchev–Trinajstić information content (AvgIpc) is 0.909. The molecule has 0 aliphatic carbocycles. The third-order valence-electron chi connectivity index (χ3n) is 20.3. The molecular weight excluding hydrogens is 1370 g/mol. The number of carbonyl (C=O) groups excluding carboxylic acids is 4. The van der Waals surface area contributed by atoms with Gasteiger partial charge in [0, 0.05) is 25.7 Å². The van der Waals surface area contributed by atoms with E-state index in [1.165, 1.54) is 276 Å². The average molecular weight is 1540 g/mol.